The number of halogens is 2. The van der Waals surface area contributed by atoms with Crippen LogP contribution in [0.3, 0.4) is 0 Å². The summed E-state index contributed by atoms with van der Waals surface area (Å²) >= 11 is 0. The Bertz CT molecular complexity index is 357. The lowest BCUT2D eigenvalue weighted by Gasteiger charge is -2.16. The third kappa shape index (κ3) is 2.75. The van der Waals surface area contributed by atoms with Crippen LogP contribution in [0.4, 0.5) is 8.78 Å². The summed E-state index contributed by atoms with van der Waals surface area (Å²) in [5.74, 6) is -3.45. The van der Waals surface area contributed by atoms with E-state index in [0.29, 0.717) is 5.56 Å². The molecule has 0 aliphatic heterocycles. The van der Waals surface area contributed by atoms with E-state index in [1.807, 2.05) is 0 Å². The summed E-state index contributed by atoms with van der Waals surface area (Å²) < 4.78 is 25.7. The fourth-order valence-electron chi connectivity index (χ4n) is 1.34. The van der Waals surface area contributed by atoms with Gasteiger partial charge in [0.15, 0.2) is 0 Å². The lowest BCUT2D eigenvalue weighted by atomic mass is 9.89. The van der Waals surface area contributed by atoms with Gasteiger partial charge in [0, 0.05) is 6.07 Å². The summed E-state index contributed by atoms with van der Waals surface area (Å²) in [5.41, 5.74) is 0.363. The normalized spacial score (nSPS) is 14.7. The fraction of sp³-hybridized carbons (Fsp3) is 0.364. The van der Waals surface area contributed by atoms with Gasteiger partial charge in [-0.05, 0) is 23.6 Å². The molecular weight excluding hydrogens is 202 g/mol. The molecule has 82 valence electrons. The maximum absolute atomic E-state index is 12.9. The molecule has 0 fully saturated rings. The predicted molar refractivity (Wildman–Crippen MR) is 51.6 cm³/mol. The number of rotatable bonds is 3. The maximum Gasteiger partial charge on any atom is 0.306 e. The van der Waals surface area contributed by atoms with Crippen LogP contribution in [0.1, 0.15) is 25.3 Å². The van der Waals surface area contributed by atoms with Crippen molar-refractivity contribution in [1.82, 2.24) is 0 Å². The number of carboxylic acids is 1. The zero-order chi connectivity index (χ0) is 11.6. The second kappa shape index (κ2) is 4.38. The summed E-state index contributed by atoms with van der Waals surface area (Å²) in [6.07, 6.45) is 0. The summed E-state index contributed by atoms with van der Waals surface area (Å²) in [6, 6.07) is 3.09. The first kappa shape index (κ1) is 11.6. The standard InChI is InChI=1S/C11H12F2O2/c1-6(7(2)11(14)15)8-3-9(12)5-10(13)4-8/h3-7H,1-2H3,(H,14,15). The van der Waals surface area contributed by atoms with E-state index in [-0.39, 0.29) is 0 Å². The Morgan fingerprint density at radius 2 is 1.67 bits per heavy atom. The van der Waals surface area contributed by atoms with Crippen molar-refractivity contribution in [3.05, 3.63) is 35.4 Å². The van der Waals surface area contributed by atoms with Crippen LogP contribution in [0.2, 0.25) is 0 Å². The first-order chi connectivity index (χ1) is 6.91. The average molecular weight is 214 g/mol. The van der Waals surface area contributed by atoms with Crippen molar-refractivity contribution in [2.24, 2.45) is 5.92 Å². The lowest BCUT2D eigenvalue weighted by Crippen LogP contribution is -2.16. The van der Waals surface area contributed by atoms with Gasteiger partial charge in [-0.2, -0.15) is 0 Å². The topological polar surface area (TPSA) is 37.3 Å². The third-order valence-corrected chi connectivity index (χ3v) is 2.55. The van der Waals surface area contributed by atoms with Crippen molar-refractivity contribution in [1.29, 1.82) is 0 Å². The van der Waals surface area contributed by atoms with Crippen LogP contribution in [0.15, 0.2) is 18.2 Å². The van der Waals surface area contributed by atoms with Crippen molar-refractivity contribution in [2.75, 3.05) is 0 Å². The summed E-state index contributed by atoms with van der Waals surface area (Å²) in [4.78, 5) is 10.7. The molecule has 4 heteroatoms. The zero-order valence-electron chi connectivity index (χ0n) is 8.50. The Hall–Kier alpha value is -1.45. The largest absolute Gasteiger partial charge is 0.481 e. The summed E-state index contributed by atoms with van der Waals surface area (Å²) in [6.45, 7) is 3.14. The van der Waals surface area contributed by atoms with Crippen LogP contribution in [0.25, 0.3) is 0 Å². The number of hydrogen-bond acceptors (Lipinski definition) is 1. The van der Waals surface area contributed by atoms with E-state index in [4.69, 9.17) is 5.11 Å². The van der Waals surface area contributed by atoms with Gasteiger partial charge in [-0.1, -0.05) is 13.8 Å². The SMILES string of the molecule is CC(C(=O)O)C(C)c1cc(F)cc(F)c1. The molecule has 0 spiro atoms. The zero-order valence-corrected chi connectivity index (χ0v) is 8.50. The second-order valence-electron chi connectivity index (χ2n) is 3.62. The highest BCUT2D eigenvalue weighted by Gasteiger charge is 2.21. The first-order valence-electron chi connectivity index (χ1n) is 4.60. The molecule has 0 bridgehead atoms. The molecule has 0 saturated carbocycles. The molecule has 0 heterocycles. The highest BCUT2D eigenvalue weighted by Crippen LogP contribution is 2.25. The number of carboxylic acid groups (broad SMARTS) is 1. The molecule has 1 N–H and O–H groups in total. The van der Waals surface area contributed by atoms with Crippen LogP contribution in [-0.4, -0.2) is 11.1 Å². The van der Waals surface area contributed by atoms with Gasteiger partial charge in [-0.15, -0.1) is 0 Å². The van der Waals surface area contributed by atoms with Crippen molar-refractivity contribution >= 4 is 5.97 Å². The quantitative estimate of drug-likeness (QED) is 0.840. The van der Waals surface area contributed by atoms with E-state index in [2.05, 4.69) is 0 Å². The molecule has 1 rings (SSSR count). The lowest BCUT2D eigenvalue weighted by molar-refractivity contribution is -0.141. The predicted octanol–water partition coefficient (Wildman–Crippen LogP) is 2.79. The van der Waals surface area contributed by atoms with E-state index >= 15 is 0 Å². The van der Waals surface area contributed by atoms with Gasteiger partial charge in [0.2, 0.25) is 0 Å². The van der Waals surface area contributed by atoms with E-state index in [1.54, 1.807) is 6.92 Å². The number of carbonyl (C=O) groups is 1. The second-order valence-corrected chi connectivity index (χ2v) is 3.62. The number of aliphatic carboxylic acids is 1. The van der Waals surface area contributed by atoms with Gasteiger partial charge in [0.05, 0.1) is 5.92 Å². The molecule has 0 aromatic heterocycles. The van der Waals surface area contributed by atoms with Gasteiger partial charge in [-0.25, -0.2) is 8.78 Å². The smallest absolute Gasteiger partial charge is 0.306 e. The Kier molecular flexibility index (Phi) is 3.39. The van der Waals surface area contributed by atoms with Crippen molar-refractivity contribution in [3.63, 3.8) is 0 Å². The Morgan fingerprint density at radius 1 is 1.20 bits per heavy atom. The van der Waals surface area contributed by atoms with Gasteiger partial charge in [0.1, 0.15) is 11.6 Å². The first-order valence-corrected chi connectivity index (χ1v) is 4.60. The Morgan fingerprint density at radius 3 is 2.07 bits per heavy atom. The highest BCUT2D eigenvalue weighted by atomic mass is 19.1. The van der Waals surface area contributed by atoms with Crippen LogP contribution in [0.5, 0.6) is 0 Å². The molecule has 0 aliphatic rings. The van der Waals surface area contributed by atoms with Crippen LogP contribution in [0, 0.1) is 17.6 Å². The monoisotopic (exact) mass is 214 g/mol. The van der Waals surface area contributed by atoms with Gasteiger partial charge >= 0.3 is 5.97 Å². The van der Waals surface area contributed by atoms with Gasteiger partial charge in [-0.3, -0.25) is 4.79 Å². The summed E-state index contributed by atoms with van der Waals surface area (Å²) in [5, 5.41) is 8.76. The van der Waals surface area contributed by atoms with Crippen LogP contribution < -0.4 is 0 Å². The van der Waals surface area contributed by atoms with Gasteiger partial charge < -0.3 is 5.11 Å². The van der Waals surface area contributed by atoms with Crippen molar-refractivity contribution in [2.45, 2.75) is 19.8 Å². The molecule has 15 heavy (non-hydrogen) atoms. The van der Waals surface area contributed by atoms with Crippen LogP contribution in [-0.2, 0) is 4.79 Å². The van der Waals surface area contributed by atoms with E-state index in [0.717, 1.165) is 18.2 Å². The van der Waals surface area contributed by atoms with Gasteiger partial charge in [0.25, 0.3) is 0 Å². The molecule has 1 aromatic rings. The number of benzene rings is 1. The summed E-state index contributed by atoms with van der Waals surface area (Å²) in [7, 11) is 0. The molecule has 2 nitrogen and oxygen atoms in total. The minimum Gasteiger partial charge on any atom is -0.481 e. The fourth-order valence-corrected chi connectivity index (χ4v) is 1.34. The minimum absolute atomic E-state index is 0.363. The Balaban J connectivity index is 3.00. The molecule has 2 atom stereocenters. The minimum atomic E-state index is -0.979. The van der Waals surface area contributed by atoms with Crippen molar-refractivity contribution in [3.8, 4) is 0 Å². The van der Waals surface area contributed by atoms with E-state index in [9.17, 15) is 13.6 Å². The molecule has 2 unspecified atom stereocenters. The van der Waals surface area contributed by atoms with Crippen molar-refractivity contribution < 1.29 is 18.7 Å². The molecular formula is C11H12F2O2. The molecule has 0 radical (unpaired) electrons. The highest BCUT2D eigenvalue weighted by molar-refractivity contribution is 5.70. The average Bonchev–Trinajstić information content (AvgIpc) is 2.13. The van der Waals surface area contributed by atoms with Crippen LogP contribution >= 0.6 is 0 Å². The molecule has 1 aromatic carbocycles. The molecule has 0 saturated heterocycles. The Labute approximate surface area is 86.5 Å². The van der Waals surface area contributed by atoms with E-state index in [1.165, 1.54) is 6.92 Å². The van der Waals surface area contributed by atoms with E-state index < -0.39 is 29.4 Å². The molecule has 0 amide bonds. The maximum atomic E-state index is 12.9. The third-order valence-electron chi connectivity index (χ3n) is 2.55. The number of hydrogen-bond donors (Lipinski definition) is 1. The molecule has 0 aliphatic carbocycles.